The molecule has 0 aliphatic rings. The maximum Gasteiger partial charge on any atom is 0.260 e. The molecule has 0 bridgehead atoms. The van der Waals surface area contributed by atoms with E-state index in [1.165, 1.54) is 12.1 Å². The number of methoxy groups -OCH3 is 1. The average molecular weight is 284 g/mol. The Morgan fingerprint density at radius 3 is 2.85 bits per heavy atom. The lowest BCUT2D eigenvalue weighted by Gasteiger charge is -2.15. The Balaban J connectivity index is 2.60. The third-order valence-corrected chi connectivity index (χ3v) is 2.65. The smallest absolute Gasteiger partial charge is 0.260 e. The van der Waals surface area contributed by atoms with E-state index in [2.05, 4.69) is 5.32 Å². The van der Waals surface area contributed by atoms with E-state index >= 15 is 0 Å². The molecule has 3 N–H and O–H groups in total. The predicted molar refractivity (Wildman–Crippen MR) is 74.1 cm³/mol. The molecule has 0 spiro atoms. The minimum absolute atomic E-state index is 0.272. The molecule has 0 fully saturated rings. The van der Waals surface area contributed by atoms with Crippen LogP contribution in [0.2, 0.25) is 0 Å². The fourth-order valence-electron chi connectivity index (χ4n) is 1.68. The molecule has 0 saturated heterocycles. The van der Waals surface area contributed by atoms with Gasteiger partial charge in [-0.05, 0) is 37.6 Å². The lowest BCUT2D eigenvalue weighted by molar-refractivity contribution is -0.127. The molecular formula is C14H21FN2O3. The van der Waals surface area contributed by atoms with Gasteiger partial charge in [0.1, 0.15) is 11.6 Å². The third kappa shape index (κ3) is 5.54. The normalized spacial score (nSPS) is 12.0. The largest absolute Gasteiger partial charge is 0.481 e. The highest BCUT2D eigenvalue weighted by Gasteiger charge is 2.14. The first-order valence-electron chi connectivity index (χ1n) is 6.49. The fraction of sp³-hybridized carbons (Fsp3) is 0.500. The number of halogens is 1. The number of benzene rings is 1. The van der Waals surface area contributed by atoms with E-state index in [1.807, 2.05) is 0 Å². The van der Waals surface area contributed by atoms with Crippen LogP contribution in [0.5, 0.6) is 5.75 Å². The molecule has 1 aromatic carbocycles. The molecule has 0 aliphatic carbocycles. The van der Waals surface area contributed by atoms with Gasteiger partial charge in [0.25, 0.3) is 5.91 Å². The minimum atomic E-state index is -0.709. The molecule has 0 heterocycles. The summed E-state index contributed by atoms with van der Waals surface area (Å²) in [5.41, 5.74) is 6.18. The lowest BCUT2D eigenvalue weighted by Crippen LogP contribution is -2.37. The summed E-state index contributed by atoms with van der Waals surface area (Å²) in [5, 5.41) is 2.66. The number of carbonyl (C=O) groups is 1. The summed E-state index contributed by atoms with van der Waals surface area (Å²) in [6, 6.07) is 4.34. The highest BCUT2D eigenvalue weighted by Crippen LogP contribution is 2.18. The summed E-state index contributed by atoms with van der Waals surface area (Å²) in [7, 11) is 1.55. The Labute approximate surface area is 118 Å². The van der Waals surface area contributed by atoms with Gasteiger partial charge in [0, 0.05) is 19.7 Å². The van der Waals surface area contributed by atoms with Gasteiger partial charge in [0.2, 0.25) is 0 Å². The second-order valence-corrected chi connectivity index (χ2v) is 4.38. The van der Waals surface area contributed by atoms with E-state index in [1.54, 1.807) is 20.1 Å². The Hall–Kier alpha value is -1.66. The molecule has 1 unspecified atom stereocenters. The SMILES string of the molecule is COCCNC(=O)C(C)Oc1cc(F)cc(CCN)c1. The topological polar surface area (TPSA) is 73.6 Å². The molecule has 1 atom stereocenters. The first kappa shape index (κ1) is 16.4. The Kier molecular flexibility index (Phi) is 6.97. The van der Waals surface area contributed by atoms with Crippen LogP contribution < -0.4 is 15.8 Å². The minimum Gasteiger partial charge on any atom is -0.481 e. The number of nitrogens with two attached hydrogens (primary N) is 1. The molecule has 1 amide bonds. The van der Waals surface area contributed by atoms with Crippen LogP contribution >= 0.6 is 0 Å². The predicted octanol–water partition coefficient (Wildman–Crippen LogP) is 0.857. The summed E-state index contributed by atoms with van der Waals surface area (Å²) in [5.74, 6) is -0.354. The molecule has 0 radical (unpaired) electrons. The van der Waals surface area contributed by atoms with Gasteiger partial charge in [0.05, 0.1) is 6.61 Å². The Bertz CT molecular complexity index is 440. The van der Waals surface area contributed by atoms with Gasteiger partial charge in [0.15, 0.2) is 6.10 Å². The van der Waals surface area contributed by atoms with Crippen molar-refractivity contribution in [1.82, 2.24) is 5.32 Å². The number of carbonyl (C=O) groups excluding carboxylic acids is 1. The van der Waals surface area contributed by atoms with Gasteiger partial charge in [-0.3, -0.25) is 4.79 Å². The van der Waals surface area contributed by atoms with Crippen LogP contribution in [0.1, 0.15) is 12.5 Å². The summed E-state index contributed by atoms with van der Waals surface area (Å²) >= 11 is 0. The molecule has 1 aromatic rings. The van der Waals surface area contributed by atoms with Crippen molar-refractivity contribution in [2.24, 2.45) is 5.73 Å². The molecule has 1 rings (SSSR count). The van der Waals surface area contributed by atoms with Crippen LogP contribution in [0.3, 0.4) is 0 Å². The summed E-state index contributed by atoms with van der Waals surface area (Å²) in [4.78, 5) is 11.7. The summed E-state index contributed by atoms with van der Waals surface area (Å²) in [6.07, 6.45) is -0.151. The van der Waals surface area contributed by atoms with Gasteiger partial charge >= 0.3 is 0 Å². The number of rotatable bonds is 8. The fourth-order valence-corrected chi connectivity index (χ4v) is 1.68. The lowest BCUT2D eigenvalue weighted by atomic mass is 10.1. The van der Waals surface area contributed by atoms with Crippen LogP contribution in [0.15, 0.2) is 18.2 Å². The molecule has 0 aromatic heterocycles. The monoisotopic (exact) mass is 284 g/mol. The Morgan fingerprint density at radius 2 is 2.20 bits per heavy atom. The van der Waals surface area contributed by atoms with Gasteiger partial charge < -0.3 is 20.5 Å². The highest BCUT2D eigenvalue weighted by atomic mass is 19.1. The maximum atomic E-state index is 13.4. The number of amides is 1. The molecule has 5 nitrogen and oxygen atoms in total. The number of nitrogens with one attached hydrogen (secondary N) is 1. The van der Waals surface area contributed by atoms with Crippen LogP contribution in [-0.4, -0.2) is 38.8 Å². The van der Waals surface area contributed by atoms with E-state index in [0.717, 1.165) is 5.56 Å². The van der Waals surface area contributed by atoms with E-state index in [0.29, 0.717) is 31.9 Å². The van der Waals surface area contributed by atoms with E-state index < -0.39 is 11.9 Å². The van der Waals surface area contributed by atoms with Crippen LogP contribution in [0.25, 0.3) is 0 Å². The molecular weight excluding hydrogens is 263 g/mol. The number of hydrogen-bond acceptors (Lipinski definition) is 4. The molecule has 20 heavy (non-hydrogen) atoms. The molecule has 112 valence electrons. The van der Waals surface area contributed by atoms with Crippen LogP contribution in [-0.2, 0) is 16.0 Å². The standard InChI is InChI=1S/C14H21FN2O3/c1-10(14(18)17-5-6-19-2)20-13-8-11(3-4-16)7-12(15)9-13/h7-10H,3-6,16H2,1-2H3,(H,17,18). The van der Waals surface area contributed by atoms with Gasteiger partial charge in [-0.25, -0.2) is 4.39 Å². The van der Waals surface area contributed by atoms with Crippen molar-refractivity contribution in [1.29, 1.82) is 0 Å². The first-order chi connectivity index (χ1) is 9.56. The van der Waals surface area contributed by atoms with Gasteiger partial charge in [-0.15, -0.1) is 0 Å². The summed E-state index contributed by atoms with van der Waals surface area (Å²) < 4.78 is 23.7. The number of ether oxygens (including phenoxy) is 2. The first-order valence-corrected chi connectivity index (χ1v) is 6.49. The van der Waals surface area contributed by atoms with Gasteiger partial charge in [-0.2, -0.15) is 0 Å². The zero-order chi connectivity index (χ0) is 15.0. The molecule has 0 saturated carbocycles. The van der Waals surface area contributed by atoms with Gasteiger partial charge in [-0.1, -0.05) is 0 Å². The van der Waals surface area contributed by atoms with Crippen molar-refractivity contribution in [3.05, 3.63) is 29.6 Å². The molecule has 6 heteroatoms. The molecule has 0 aliphatic heterocycles. The van der Waals surface area contributed by atoms with Crippen molar-refractivity contribution in [2.75, 3.05) is 26.8 Å². The zero-order valence-electron chi connectivity index (χ0n) is 11.8. The second-order valence-electron chi connectivity index (χ2n) is 4.38. The van der Waals surface area contributed by atoms with Crippen LogP contribution in [0.4, 0.5) is 4.39 Å². The average Bonchev–Trinajstić information content (AvgIpc) is 2.38. The van der Waals surface area contributed by atoms with Crippen molar-refractivity contribution < 1.29 is 18.7 Å². The Morgan fingerprint density at radius 1 is 1.45 bits per heavy atom. The second kappa shape index (κ2) is 8.50. The van der Waals surface area contributed by atoms with Crippen molar-refractivity contribution in [3.8, 4) is 5.75 Å². The van der Waals surface area contributed by atoms with E-state index in [9.17, 15) is 9.18 Å². The van der Waals surface area contributed by atoms with Crippen molar-refractivity contribution >= 4 is 5.91 Å². The number of hydrogen-bond donors (Lipinski definition) is 2. The third-order valence-electron chi connectivity index (χ3n) is 2.65. The summed E-state index contributed by atoms with van der Waals surface area (Å²) in [6.45, 7) is 2.87. The highest BCUT2D eigenvalue weighted by molar-refractivity contribution is 5.80. The maximum absolute atomic E-state index is 13.4. The quantitative estimate of drug-likeness (QED) is 0.694. The van der Waals surface area contributed by atoms with E-state index in [-0.39, 0.29) is 5.91 Å². The van der Waals surface area contributed by atoms with Crippen molar-refractivity contribution in [3.63, 3.8) is 0 Å². The zero-order valence-corrected chi connectivity index (χ0v) is 11.8. The van der Waals surface area contributed by atoms with Crippen molar-refractivity contribution in [2.45, 2.75) is 19.4 Å². The van der Waals surface area contributed by atoms with E-state index in [4.69, 9.17) is 15.2 Å². The van der Waals surface area contributed by atoms with Crippen LogP contribution in [0, 0.1) is 5.82 Å².